The maximum Gasteiger partial charge on any atom is 0.321 e. The average Bonchev–Trinajstić information content (AvgIpc) is 2.59. The fourth-order valence-corrected chi connectivity index (χ4v) is 3.84. The van der Waals surface area contributed by atoms with Crippen molar-refractivity contribution in [2.75, 3.05) is 17.7 Å². The van der Waals surface area contributed by atoms with Crippen LogP contribution < -0.4 is 5.32 Å². The normalized spacial score (nSPS) is 11.2. The number of anilines is 1. The van der Waals surface area contributed by atoms with Crippen LogP contribution in [0.1, 0.15) is 17.3 Å². The van der Waals surface area contributed by atoms with Crippen LogP contribution in [0.25, 0.3) is 0 Å². The minimum absolute atomic E-state index is 0.0185. The van der Waals surface area contributed by atoms with E-state index in [0.29, 0.717) is 12.1 Å². The predicted molar refractivity (Wildman–Crippen MR) is 94.4 cm³/mol. The Labute approximate surface area is 163 Å². The van der Waals surface area contributed by atoms with Gasteiger partial charge in [0.05, 0.1) is 16.5 Å². The number of esters is 1. The smallest absolute Gasteiger partial charge is 0.321 e. The number of sulfone groups is 1. The molecule has 6 nitrogen and oxygen atoms in total. The van der Waals surface area contributed by atoms with E-state index in [1.54, 1.807) is 0 Å². The van der Waals surface area contributed by atoms with E-state index >= 15 is 0 Å². The summed E-state index contributed by atoms with van der Waals surface area (Å²) in [7, 11) is -4.22. The van der Waals surface area contributed by atoms with Crippen molar-refractivity contribution in [1.29, 1.82) is 0 Å². The molecule has 11 heteroatoms. The maximum absolute atomic E-state index is 13.2. The molecule has 1 amide bonds. The highest BCUT2D eigenvalue weighted by Gasteiger charge is 2.24. The number of benzene rings is 2. The molecule has 0 aliphatic carbocycles. The second-order valence-electron chi connectivity index (χ2n) is 5.42. The van der Waals surface area contributed by atoms with Crippen molar-refractivity contribution in [3.05, 3.63) is 58.4 Å². The molecule has 0 atom stereocenters. The van der Waals surface area contributed by atoms with Gasteiger partial charge in [-0.3, -0.25) is 9.59 Å². The number of amides is 1. The molecule has 0 heterocycles. The Hall–Kier alpha value is -2.59. The van der Waals surface area contributed by atoms with Gasteiger partial charge in [0.15, 0.2) is 33.0 Å². The van der Waals surface area contributed by atoms with E-state index in [1.165, 1.54) is 6.92 Å². The first-order valence-corrected chi connectivity index (χ1v) is 9.72. The van der Waals surface area contributed by atoms with Crippen molar-refractivity contribution in [2.24, 2.45) is 0 Å². The zero-order valence-corrected chi connectivity index (χ0v) is 15.8. The van der Waals surface area contributed by atoms with E-state index in [0.717, 1.165) is 18.2 Å². The molecule has 0 aliphatic rings. The third kappa shape index (κ3) is 5.02. The third-order valence-corrected chi connectivity index (χ3v) is 5.45. The molecule has 1 N–H and O–H groups in total. The Kier molecular flexibility index (Phi) is 6.68. The summed E-state index contributed by atoms with van der Waals surface area (Å²) < 4.78 is 68.7. The summed E-state index contributed by atoms with van der Waals surface area (Å²) in [5.41, 5.74) is -0.607. The quantitative estimate of drug-likeness (QED) is 0.555. The van der Waals surface area contributed by atoms with E-state index in [9.17, 15) is 31.2 Å². The lowest BCUT2D eigenvalue weighted by Gasteiger charge is -2.10. The van der Waals surface area contributed by atoms with Crippen molar-refractivity contribution in [3.63, 3.8) is 0 Å². The number of rotatable bonds is 6. The Morgan fingerprint density at radius 3 is 2.29 bits per heavy atom. The van der Waals surface area contributed by atoms with E-state index in [-0.39, 0.29) is 22.9 Å². The SMILES string of the molecule is CCOC(=O)CS(=O)(=O)c1cc(C(=O)Nc2cc(F)c(F)c(F)c2)ccc1Cl. The number of ether oxygens (including phenoxy) is 1. The molecular formula is C17H13ClF3NO5S. The van der Waals surface area contributed by atoms with Crippen LogP contribution in [-0.2, 0) is 19.4 Å². The number of carbonyl (C=O) groups is 2. The fourth-order valence-electron chi connectivity index (χ4n) is 2.15. The van der Waals surface area contributed by atoms with Crippen LogP contribution in [0.4, 0.5) is 18.9 Å². The van der Waals surface area contributed by atoms with E-state index in [1.807, 2.05) is 0 Å². The molecule has 0 aromatic heterocycles. The average molecular weight is 436 g/mol. The molecule has 28 heavy (non-hydrogen) atoms. The first-order chi connectivity index (χ1) is 13.0. The molecule has 2 aromatic rings. The lowest BCUT2D eigenvalue weighted by Crippen LogP contribution is -2.20. The molecule has 0 fully saturated rings. The molecule has 0 saturated heterocycles. The van der Waals surface area contributed by atoms with Crippen molar-refractivity contribution in [3.8, 4) is 0 Å². The number of hydrogen-bond donors (Lipinski definition) is 1. The fraction of sp³-hybridized carbons (Fsp3) is 0.176. The molecule has 0 aliphatic heterocycles. The first kappa shape index (κ1) is 21.7. The van der Waals surface area contributed by atoms with Gasteiger partial charge in [0.2, 0.25) is 0 Å². The number of hydrogen-bond acceptors (Lipinski definition) is 5. The van der Waals surface area contributed by atoms with Gasteiger partial charge in [-0.1, -0.05) is 11.6 Å². The molecule has 2 rings (SSSR count). The minimum Gasteiger partial charge on any atom is -0.465 e. The van der Waals surface area contributed by atoms with Gasteiger partial charge >= 0.3 is 5.97 Å². The number of halogens is 4. The Balaban J connectivity index is 2.31. The highest BCUT2D eigenvalue weighted by molar-refractivity contribution is 7.92. The van der Waals surface area contributed by atoms with Gasteiger partial charge < -0.3 is 10.1 Å². The summed E-state index contributed by atoms with van der Waals surface area (Å²) in [6, 6.07) is 4.30. The van der Waals surface area contributed by atoms with Crippen molar-refractivity contribution in [2.45, 2.75) is 11.8 Å². The number of nitrogens with one attached hydrogen (secondary N) is 1. The van der Waals surface area contributed by atoms with Crippen LogP contribution in [0, 0.1) is 17.5 Å². The van der Waals surface area contributed by atoms with Gasteiger partial charge in [-0.05, 0) is 25.1 Å². The van der Waals surface area contributed by atoms with Crippen molar-refractivity contribution in [1.82, 2.24) is 0 Å². The van der Waals surface area contributed by atoms with Gasteiger partial charge in [-0.25, -0.2) is 21.6 Å². The van der Waals surface area contributed by atoms with Gasteiger partial charge in [0.1, 0.15) is 0 Å². The monoisotopic (exact) mass is 435 g/mol. The summed E-state index contributed by atoms with van der Waals surface area (Å²) >= 11 is 5.86. The van der Waals surface area contributed by atoms with Crippen LogP contribution >= 0.6 is 11.6 Å². The lowest BCUT2D eigenvalue weighted by molar-refractivity contribution is -0.139. The predicted octanol–water partition coefficient (Wildman–Crippen LogP) is 3.35. The van der Waals surface area contributed by atoms with Gasteiger partial charge in [-0.15, -0.1) is 0 Å². The second kappa shape index (κ2) is 8.61. The summed E-state index contributed by atoms with van der Waals surface area (Å²) in [4.78, 5) is 23.2. The highest BCUT2D eigenvalue weighted by atomic mass is 35.5. The molecule has 0 unspecified atom stereocenters. The van der Waals surface area contributed by atoms with Crippen molar-refractivity contribution < 1.29 is 35.9 Å². The summed E-state index contributed by atoms with van der Waals surface area (Å²) in [6.07, 6.45) is 0. The largest absolute Gasteiger partial charge is 0.465 e. The van der Waals surface area contributed by atoms with Crippen LogP contribution in [0.3, 0.4) is 0 Å². The lowest BCUT2D eigenvalue weighted by atomic mass is 10.2. The maximum atomic E-state index is 13.2. The molecule has 0 saturated carbocycles. The van der Waals surface area contributed by atoms with E-state index in [4.69, 9.17) is 11.6 Å². The Morgan fingerprint density at radius 2 is 1.71 bits per heavy atom. The third-order valence-electron chi connectivity index (χ3n) is 3.38. The van der Waals surface area contributed by atoms with E-state index < -0.39 is 49.8 Å². The summed E-state index contributed by atoms with van der Waals surface area (Å²) in [6.45, 7) is 1.49. The first-order valence-electron chi connectivity index (χ1n) is 7.69. The standard InChI is InChI=1S/C17H13ClF3NO5S/c1-2-27-15(23)8-28(25,26)14-5-9(3-4-11(14)18)17(24)22-10-6-12(19)16(21)13(20)7-10/h3-7H,2,8H2,1H3,(H,22,24). The van der Waals surface area contributed by atoms with Crippen LogP contribution in [-0.4, -0.2) is 32.7 Å². The van der Waals surface area contributed by atoms with Crippen LogP contribution in [0.15, 0.2) is 35.2 Å². The minimum atomic E-state index is -4.22. The van der Waals surface area contributed by atoms with Gasteiger partial charge in [-0.2, -0.15) is 0 Å². The zero-order chi connectivity index (χ0) is 21.1. The summed E-state index contributed by atoms with van der Waals surface area (Å²) in [5, 5.41) is 1.87. The van der Waals surface area contributed by atoms with Gasteiger partial charge in [0, 0.05) is 23.4 Å². The van der Waals surface area contributed by atoms with Crippen LogP contribution in [0.2, 0.25) is 5.02 Å². The second-order valence-corrected chi connectivity index (χ2v) is 7.78. The molecule has 150 valence electrons. The molecule has 0 radical (unpaired) electrons. The Morgan fingerprint density at radius 1 is 1.11 bits per heavy atom. The highest BCUT2D eigenvalue weighted by Crippen LogP contribution is 2.25. The summed E-state index contributed by atoms with van der Waals surface area (Å²) in [5.74, 6) is -7.63. The Bertz CT molecular complexity index is 1020. The molecular weight excluding hydrogens is 423 g/mol. The topological polar surface area (TPSA) is 89.5 Å². The molecule has 0 spiro atoms. The number of carbonyl (C=O) groups excluding carboxylic acids is 2. The molecule has 0 bridgehead atoms. The van der Waals surface area contributed by atoms with Gasteiger partial charge in [0.25, 0.3) is 5.91 Å². The molecule has 2 aromatic carbocycles. The van der Waals surface area contributed by atoms with E-state index in [2.05, 4.69) is 10.1 Å². The zero-order valence-electron chi connectivity index (χ0n) is 14.3. The van der Waals surface area contributed by atoms with Crippen molar-refractivity contribution >= 4 is 39.0 Å². The van der Waals surface area contributed by atoms with Crippen LogP contribution in [0.5, 0.6) is 0 Å².